The predicted octanol–water partition coefficient (Wildman–Crippen LogP) is 5.65. The van der Waals surface area contributed by atoms with Crippen molar-refractivity contribution >= 4 is 46.3 Å². The Morgan fingerprint density at radius 3 is 2.62 bits per heavy atom. The van der Waals surface area contributed by atoms with Crippen LogP contribution in [0.4, 0.5) is 0 Å². The Kier molecular flexibility index (Phi) is 7.00. The summed E-state index contributed by atoms with van der Waals surface area (Å²) in [5, 5.41) is 13.9. The standard InChI is InChI=1S/C26H25N3O3S2/c1-16(2)18-10-9-17(3)21(13-18)24-19(15-29(27-24)20-7-5-4-6-8-20)14-22-25(32)28(26(33)34-22)12-11-23(30)31/h4-10,13-16H,11-12H2,1-3H3,(H,30,31)/b22-14-. The molecular formula is C26H25N3O3S2. The van der Waals surface area contributed by atoms with E-state index in [-0.39, 0.29) is 18.9 Å². The number of aliphatic carboxylic acids is 1. The number of carbonyl (C=O) groups excluding carboxylic acids is 1. The second-order valence-corrected chi connectivity index (χ2v) is 10.1. The highest BCUT2D eigenvalue weighted by Gasteiger charge is 2.32. The molecule has 174 valence electrons. The van der Waals surface area contributed by atoms with Gasteiger partial charge >= 0.3 is 5.97 Å². The third kappa shape index (κ3) is 4.98. The van der Waals surface area contributed by atoms with Gasteiger partial charge in [-0.3, -0.25) is 14.5 Å². The van der Waals surface area contributed by atoms with Gasteiger partial charge in [0, 0.05) is 23.9 Å². The van der Waals surface area contributed by atoms with E-state index < -0.39 is 5.97 Å². The van der Waals surface area contributed by atoms with Crippen LogP contribution in [0.5, 0.6) is 0 Å². The molecule has 0 bridgehead atoms. The molecular weight excluding hydrogens is 466 g/mol. The Morgan fingerprint density at radius 2 is 1.94 bits per heavy atom. The molecule has 0 atom stereocenters. The van der Waals surface area contributed by atoms with Gasteiger partial charge in [0.15, 0.2) is 0 Å². The highest BCUT2D eigenvalue weighted by Crippen LogP contribution is 2.36. The number of hydrogen-bond acceptors (Lipinski definition) is 5. The number of nitrogens with zero attached hydrogens (tertiary/aromatic N) is 3. The number of aromatic nitrogens is 2. The predicted molar refractivity (Wildman–Crippen MR) is 140 cm³/mol. The maximum absolute atomic E-state index is 13.0. The minimum atomic E-state index is -0.968. The maximum atomic E-state index is 13.0. The summed E-state index contributed by atoms with van der Waals surface area (Å²) in [5.41, 5.74) is 5.79. The van der Waals surface area contributed by atoms with Crippen molar-refractivity contribution in [3.8, 4) is 16.9 Å². The summed E-state index contributed by atoms with van der Waals surface area (Å²) < 4.78 is 2.18. The number of carboxylic acid groups (broad SMARTS) is 1. The van der Waals surface area contributed by atoms with E-state index in [1.165, 1.54) is 22.2 Å². The molecule has 4 rings (SSSR count). The summed E-state index contributed by atoms with van der Waals surface area (Å²) in [4.78, 5) is 25.8. The molecule has 1 aromatic heterocycles. The van der Waals surface area contributed by atoms with Crippen LogP contribution in [0.3, 0.4) is 0 Å². The van der Waals surface area contributed by atoms with E-state index in [4.69, 9.17) is 22.4 Å². The highest BCUT2D eigenvalue weighted by molar-refractivity contribution is 8.26. The van der Waals surface area contributed by atoms with Crippen molar-refractivity contribution < 1.29 is 14.7 Å². The lowest BCUT2D eigenvalue weighted by atomic mass is 9.95. The van der Waals surface area contributed by atoms with Crippen LogP contribution in [0.25, 0.3) is 23.0 Å². The lowest BCUT2D eigenvalue weighted by molar-refractivity contribution is -0.137. The van der Waals surface area contributed by atoms with Crippen LogP contribution in [0.2, 0.25) is 0 Å². The Bertz CT molecular complexity index is 1300. The van der Waals surface area contributed by atoms with Gasteiger partial charge in [-0.2, -0.15) is 5.10 Å². The van der Waals surface area contributed by atoms with E-state index in [0.717, 1.165) is 28.1 Å². The summed E-state index contributed by atoms with van der Waals surface area (Å²) >= 11 is 6.54. The SMILES string of the molecule is Cc1ccc(C(C)C)cc1-c1nn(-c2ccccc2)cc1/C=C1\SC(=S)N(CCC(=O)O)C1=O. The molecule has 1 fully saturated rings. The third-order valence-corrected chi connectivity index (χ3v) is 7.03. The van der Waals surface area contributed by atoms with E-state index in [1.54, 1.807) is 0 Å². The minimum Gasteiger partial charge on any atom is -0.481 e. The number of benzene rings is 2. The summed E-state index contributed by atoms with van der Waals surface area (Å²) in [6.07, 6.45) is 3.57. The average molecular weight is 492 g/mol. The summed E-state index contributed by atoms with van der Waals surface area (Å²) in [6, 6.07) is 16.2. The number of thioether (sulfide) groups is 1. The van der Waals surface area contributed by atoms with Crippen molar-refractivity contribution in [1.82, 2.24) is 14.7 Å². The molecule has 0 radical (unpaired) electrons. The van der Waals surface area contributed by atoms with E-state index >= 15 is 0 Å². The van der Waals surface area contributed by atoms with Crippen LogP contribution in [0.15, 0.2) is 59.6 Å². The third-order valence-electron chi connectivity index (χ3n) is 5.66. The van der Waals surface area contributed by atoms with Crippen molar-refractivity contribution in [2.24, 2.45) is 0 Å². The molecule has 2 heterocycles. The number of thiocarbonyl (C=S) groups is 1. The monoisotopic (exact) mass is 491 g/mol. The molecule has 0 spiro atoms. The number of para-hydroxylation sites is 1. The zero-order valence-electron chi connectivity index (χ0n) is 19.2. The zero-order valence-corrected chi connectivity index (χ0v) is 20.8. The number of aryl methyl sites for hydroxylation is 1. The van der Waals surface area contributed by atoms with Gasteiger partial charge in [0.25, 0.3) is 5.91 Å². The molecule has 1 amide bonds. The van der Waals surface area contributed by atoms with Crippen LogP contribution < -0.4 is 0 Å². The molecule has 1 N–H and O–H groups in total. The molecule has 1 aliphatic rings. The van der Waals surface area contributed by atoms with Gasteiger partial charge in [-0.25, -0.2) is 4.68 Å². The van der Waals surface area contributed by atoms with Gasteiger partial charge in [-0.05, 0) is 48.2 Å². The average Bonchev–Trinajstić information content (AvgIpc) is 3.34. The molecule has 6 nitrogen and oxygen atoms in total. The van der Waals surface area contributed by atoms with E-state index in [0.29, 0.717) is 15.1 Å². The Hall–Kier alpha value is -3.23. The highest BCUT2D eigenvalue weighted by atomic mass is 32.2. The van der Waals surface area contributed by atoms with Crippen molar-refractivity contribution in [3.63, 3.8) is 0 Å². The number of rotatable bonds is 7. The van der Waals surface area contributed by atoms with Crippen LogP contribution in [0.1, 0.15) is 42.9 Å². The van der Waals surface area contributed by atoms with Crippen LogP contribution in [-0.2, 0) is 9.59 Å². The van der Waals surface area contributed by atoms with Crippen molar-refractivity contribution in [2.45, 2.75) is 33.1 Å². The minimum absolute atomic E-state index is 0.0585. The van der Waals surface area contributed by atoms with Crippen LogP contribution in [0, 0.1) is 6.92 Å². The van der Waals surface area contributed by atoms with Gasteiger partial charge in [0.2, 0.25) is 0 Å². The second kappa shape index (κ2) is 9.95. The fourth-order valence-corrected chi connectivity index (χ4v) is 5.01. The molecule has 0 saturated carbocycles. The fourth-order valence-electron chi connectivity index (χ4n) is 3.71. The second-order valence-electron chi connectivity index (χ2n) is 8.42. The molecule has 8 heteroatoms. The number of carboxylic acids is 1. The molecule has 1 saturated heterocycles. The van der Waals surface area contributed by atoms with Crippen LogP contribution in [-0.4, -0.2) is 42.5 Å². The van der Waals surface area contributed by atoms with Gasteiger partial charge in [0.05, 0.1) is 17.0 Å². The number of carbonyl (C=O) groups is 2. The summed E-state index contributed by atoms with van der Waals surface area (Å²) in [6.45, 7) is 6.42. The first kappa shape index (κ1) is 23.9. The van der Waals surface area contributed by atoms with Crippen molar-refractivity contribution in [1.29, 1.82) is 0 Å². The smallest absolute Gasteiger partial charge is 0.305 e. The zero-order chi connectivity index (χ0) is 24.4. The molecule has 1 aliphatic heterocycles. The lowest BCUT2D eigenvalue weighted by Gasteiger charge is -2.12. The van der Waals surface area contributed by atoms with E-state index in [1.807, 2.05) is 47.3 Å². The Balaban J connectivity index is 1.81. The largest absolute Gasteiger partial charge is 0.481 e. The van der Waals surface area contributed by atoms with Crippen LogP contribution >= 0.6 is 24.0 Å². The quantitative estimate of drug-likeness (QED) is 0.340. The first-order valence-corrected chi connectivity index (χ1v) is 12.2. The first-order chi connectivity index (χ1) is 16.2. The maximum Gasteiger partial charge on any atom is 0.305 e. The molecule has 0 unspecified atom stereocenters. The van der Waals surface area contributed by atoms with E-state index in [9.17, 15) is 9.59 Å². The summed E-state index contributed by atoms with van der Waals surface area (Å²) in [5.74, 6) is -0.878. The Morgan fingerprint density at radius 1 is 1.21 bits per heavy atom. The van der Waals surface area contributed by atoms with Gasteiger partial charge < -0.3 is 5.11 Å². The first-order valence-electron chi connectivity index (χ1n) is 11.0. The van der Waals surface area contributed by atoms with Gasteiger partial charge in [0.1, 0.15) is 10.0 Å². The van der Waals surface area contributed by atoms with Gasteiger partial charge in [-0.1, -0.05) is 68.2 Å². The summed E-state index contributed by atoms with van der Waals surface area (Å²) in [7, 11) is 0. The topological polar surface area (TPSA) is 75.4 Å². The number of amides is 1. The molecule has 3 aromatic rings. The van der Waals surface area contributed by atoms with E-state index in [2.05, 4.69) is 39.0 Å². The number of hydrogen-bond donors (Lipinski definition) is 1. The van der Waals surface area contributed by atoms with Crippen molar-refractivity contribution in [2.75, 3.05) is 6.54 Å². The molecule has 34 heavy (non-hydrogen) atoms. The van der Waals surface area contributed by atoms with Crippen molar-refractivity contribution in [3.05, 3.63) is 76.3 Å². The fraction of sp³-hybridized carbons (Fsp3) is 0.231. The lowest BCUT2D eigenvalue weighted by Crippen LogP contribution is -2.30. The van der Waals surface area contributed by atoms with Gasteiger partial charge in [-0.15, -0.1) is 0 Å². The Labute approximate surface area is 208 Å². The normalized spacial score (nSPS) is 15.1. The molecule has 0 aliphatic carbocycles. The molecule has 2 aromatic carbocycles.